The van der Waals surface area contributed by atoms with E-state index in [1.54, 1.807) is 22.2 Å². The Morgan fingerprint density at radius 2 is 2.03 bits per heavy atom. The van der Waals surface area contributed by atoms with Gasteiger partial charge in [0.25, 0.3) is 0 Å². The molecule has 4 heterocycles. The summed E-state index contributed by atoms with van der Waals surface area (Å²) in [4.78, 5) is 28.7. The van der Waals surface area contributed by atoms with Gasteiger partial charge in [-0.3, -0.25) is 9.48 Å². The van der Waals surface area contributed by atoms with Crippen molar-refractivity contribution in [2.75, 3.05) is 26.3 Å². The van der Waals surface area contributed by atoms with Gasteiger partial charge >= 0.3 is 0 Å². The number of hydrogen-bond acceptors (Lipinski definition) is 7. The molecule has 4 aromatic rings. The number of benzene rings is 1. The molecule has 1 aliphatic rings. The maximum atomic E-state index is 12.9. The molecule has 0 radical (unpaired) electrons. The highest BCUT2D eigenvalue weighted by Crippen LogP contribution is 2.30. The molecule has 5 rings (SSSR count). The van der Waals surface area contributed by atoms with Crippen molar-refractivity contribution in [1.29, 1.82) is 0 Å². The monoisotopic (exact) mass is 464 g/mol. The number of carbonyl (C=O) groups is 1. The number of hydrogen-bond donors (Lipinski definition) is 0. The van der Waals surface area contributed by atoms with Gasteiger partial charge in [0.1, 0.15) is 18.2 Å². The number of aryl methyl sites for hydroxylation is 1. The first kappa shape index (κ1) is 21.8. The lowest BCUT2D eigenvalue weighted by molar-refractivity contribution is 0.0986. The molecule has 0 unspecified atom stereocenters. The van der Waals surface area contributed by atoms with Crippen LogP contribution in [-0.4, -0.2) is 61.7 Å². The van der Waals surface area contributed by atoms with Crippen LogP contribution in [0.5, 0.6) is 0 Å². The quantitative estimate of drug-likeness (QED) is 0.384. The molecule has 1 aromatic carbocycles. The Morgan fingerprint density at radius 1 is 1.18 bits per heavy atom. The van der Waals surface area contributed by atoms with Crippen molar-refractivity contribution in [3.63, 3.8) is 0 Å². The van der Waals surface area contributed by atoms with Gasteiger partial charge < -0.3 is 4.90 Å². The molecule has 0 bridgehead atoms. The fourth-order valence-electron chi connectivity index (χ4n) is 4.26. The number of piperidine rings is 1. The Kier molecular flexibility index (Phi) is 6.24. The summed E-state index contributed by atoms with van der Waals surface area (Å²) in [6.07, 6.45) is 7.55. The molecule has 1 fully saturated rings. The van der Waals surface area contributed by atoms with Crippen molar-refractivity contribution in [3.05, 3.63) is 58.7 Å². The van der Waals surface area contributed by atoms with Crippen molar-refractivity contribution in [2.45, 2.75) is 25.2 Å². The fraction of sp³-hybridized carbons (Fsp3) is 0.375. The zero-order valence-corrected chi connectivity index (χ0v) is 19.3. The van der Waals surface area contributed by atoms with E-state index in [1.807, 2.05) is 43.0 Å². The molecule has 170 valence electrons. The van der Waals surface area contributed by atoms with Gasteiger partial charge in [-0.05, 0) is 37.6 Å². The van der Waals surface area contributed by atoms with Crippen molar-refractivity contribution >= 4 is 28.0 Å². The van der Waals surface area contributed by atoms with Crippen LogP contribution in [0.1, 0.15) is 40.1 Å². The third-order valence-electron chi connectivity index (χ3n) is 6.13. The van der Waals surface area contributed by atoms with Crippen molar-refractivity contribution in [2.24, 2.45) is 7.05 Å². The molecule has 7 nitrogen and oxygen atoms in total. The van der Waals surface area contributed by atoms with Crippen molar-refractivity contribution < 1.29 is 9.18 Å². The second kappa shape index (κ2) is 9.44. The standard InChI is InChI=1S/C24H25FN6OS/c1-30-14-19(13-27-30)17-2-3-18-12-26-23(28-20(18)10-17)11-22(32)21-15-33-24(29-21)16-4-7-31(8-5-16)9-6-25/h2-3,10,12-16H,4-9,11H2,1H3. The summed E-state index contributed by atoms with van der Waals surface area (Å²) >= 11 is 1.54. The Hall–Kier alpha value is -3.04. The third-order valence-corrected chi connectivity index (χ3v) is 7.14. The number of fused-ring (bicyclic) bond motifs is 1. The van der Waals surface area contributed by atoms with Crippen LogP contribution in [-0.2, 0) is 13.5 Å². The molecule has 0 amide bonds. The molecule has 33 heavy (non-hydrogen) atoms. The zero-order valence-electron chi connectivity index (χ0n) is 18.4. The summed E-state index contributed by atoms with van der Waals surface area (Å²) < 4.78 is 14.3. The number of halogens is 1. The molecule has 3 aromatic heterocycles. The third kappa shape index (κ3) is 4.84. The lowest BCUT2D eigenvalue weighted by Gasteiger charge is -2.30. The summed E-state index contributed by atoms with van der Waals surface area (Å²) in [6.45, 7) is 1.96. The van der Waals surface area contributed by atoms with Crippen LogP contribution in [0.2, 0.25) is 0 Å². The molecule has 0 N–H and O–H groups in total. The molecule has 1 saturated heterocycles. The number of thiazole rings is 1. The number of rotatable bonds is 7. The van der Waals surface area contributed by atoms with Gasteiger partial charge in [-0.1, -0.05) is 12.1 Å². The Labute approximate surface area is 195 Å². The Balaban J connectivity index is 1.28. The summed E-state index contributed by atoms with van der Waals surface area (Å²) in [6, 6.07) is 6.00. The zero-order chi connectivity index (χ0) is 22.8. The number of nitrogens with zero attached hydrogens (tertiary/aromatic N) is 6. The highest BCUT2D eigenvalue weighted by atomic mass is 32.1. The van der Waals surface area contributed by atoms with Gasteiger partial charge in [0, 0.05) is 48.2 Å². The fourth-order valence-corrected chi connectivity index (χ4v) is 5.25. The average molecular weight is 465 g/mol. The first-order chi connectivity index (χ1) is 16.1. The molecule has 0 aliphatic carbocycles. The maximum Gasteiger partial charge on any atom is 0.189 e. The van der Waals surface area contributed by atoms with E-state index >= 15 is 0 Å². The van der Waals surface area contributed by atoms with Crippen LogP contribution in [0.15, 0.2) is 42.2 Å². The van der Waals surface area contributed by atoms with E-state index in [0.717, 1.165) is 53.0 Å². The molecule has 0 atom stereocenters. The molecular formula is C24H25FN6OS. The molecule has 0 saturated carbocycles. The predicted octanol–water partition coefficient (Wildman–Crippen LogP) is 4.06. The molecular weight excluding hydrogens is 439 g/mol. The van der Waals surface area contributed by atoms with Crippen LogP contribution < -0.4 is 0 Å². The SMILES string of the molecule is Cn1cc(-c2ccc3cnc(CC(=O)c4csc(C5CCN(CCF)CC5)n4)nc3c2)cn1. The topological polar surface area (TPSA) is 76.8 Å². The van der Waals surface area contributed by atoms with Crippen LogP contribution >= 0.6 is 11.3 Å². The molecule has 0 spiro atoms. The minimum absolute atomic E-state index is 0.0740. The van der Waals surface area contributed by atoms with Crippen molar-refractivity contribution in [3.8, 4) is 11.1 Å². The highest BCUT2D eigenvalue weighted by Gasteiger charge is 2.24. The number of Topliss-reactive ketones (excluding diaryl/α,β-unsaturated/α-hetero) is 1. The van der Waals surface area contributed by atoms with E-state index in [1.165, 1.54) is 0 Å². The lowest BCUT2D eigenvalue weighted by atomic mass is 9.97. The van der Waals surface area contributed by atoms with E-state index < -0.39 is 0 Å². The van der Waals surface area contributed by atoms with Gasteiger partial charge in [0.05, 0.1) is 23.1 Å². The normalized spacial score (nSPS) is 15.3. The smallest absolute Gasteiger partial charge is 0.189 e. The van der Waals surface area contributed by atoms with Crippen LogP contribution in [0.4, 0.5) is 4.39 Å². The van der Waals surface area contributed by atoms with Gasteiger partial charge in [-0.25, -0.2) is 19.3 Å². The van der Waals surface area contributed by atoms with E-state index in [0.29, 0.717) is 24.0 Å². The first-order valence-corrected chi connectivity index (χ1v) is 12.0. The predicted molar refractivity (Wildman–Crippen MR) is 126 cm³/mol. The van der Waals surface area contributed by atoms with Crippen LogP contribution in [0.3, 0.4) is 0 Å². The first-order valence-electron chi connectivity index (χ1n) is 11.1. The summed E-state index contributed by atoms with van der Waals surface area (Å²) in [5.41, 5.74) is 3.32. The minimum atomic E-state index is -0.303. The maximum absolute atomic E-state index is 12.9. The summed E-state index contributed by atoms with van der Waals surface area (Å²) in [7, 11) is 1.88. The largest absolute Gasteiger partial charge is 0.301 e. The van der Waals surface area contributed by atoms with E-state index in [9.17, 15) is 9.18 Å². The van der Waals surface area contributed by atoms with Gasteiger partial charge in [0.15, 0.2) is 5.78 Å². The van der Waals surface area contributed by atoms with Crippen LogP contribution in [0, 0.1) is 0 Å². The second-order valence-corrected chi connectivity index (χ2v) is 9.33. The highest BCUT2D eigenvalue weighted by molar-refractivity contribution is 7.09. The number of alkyl halides is 1. The minimum Gasteiger partial charge on any atom is -0.301 e. The van der Waals surface area contributed by atoms with Crippen LogP contribution in [0.25, 0.3) is 22.0 Å². The van der Waals surface area contributed by atoms with Crippen molar-refractivity contribution in [1.82, 2.24) is 29.6 Å². The average Bonchev–Trinajstić information content (AvgIpc) is 3.49. The number of likely N-dealkylation sites (tertiary alicyclic amines) is 1. The molecule has 9 heteroatoms. The number of carbonyl (C=O) groups excluding carboxylic acids is 1. The van der Waals surface area contributed by atoms with E-state index in [2.05, 4.69) is 25.0 Å². The summed E-state index contributed by atoms with van der Waals surface area (Å²) in [5, 5.41) is 7.99. The van der Waals surface area contributed by atoms with Gasteiger partial charge in [0.2, 0.25) is 0 Å². The number of ketones is 1. The second-order valence-electron chi connectivity index (χ2n) is 8.44. The van der Waals surface area contributed by atoms with E-state index in [-0.39, 0.29) is 18.9 Å². The van der Waals surface area contributed by atoms with Gasteiger partial charge in [-0.15, -0.1) is 11.3 Å². The Bertz CT molecular complexity index is 1280. The number of aromatic nitrogens is 5. The Morgan fingerprint density at radius 3 is 2.79 bits per heavy atom. The molecule has 1 aliphatic heterocycles. The lowest BCUT2D eigenvalue weighted by Crippen LogP contribution is -2.34. The van der Waals surface area contributed by atoms with Gasteiger partial charge in [-0.2, -0.15) is 5.10 Å². The van der Waals surface area contributed by atoms with E-state index in [4.69, 9.17) is 0 Å². The summed E-state index contributed by atoms with van der Waals surface area (Å²) in [5.74, 6) is 0.760.